The molecule has 4 heterocycles. The van der Waals surface area contributed by atoms with Crippen molar-refractivity contribution >= 4 is 42.4 Å². The fraction of sp³-hybridized carbons (Fsp3) is 0.590. The van der Waals surface area contributed by atoms with Gasteiger partial charge in [0.2, 0.25) is 0 Å². The molecular weight excluding hydrogens is 661 g/mol. The highest BCUT2D eigenvalue weighted by molar-refractivity contribution is 6.53. The first kappa shape index (κ1) is 37.5. The smallest absolute Gasteiger partial charge is 0.410 e. The van der Waals surface area contributed by atoms with E-state index in [0.717, 1.165) is 62.0 Å². The standard InChI is InChI=1S/C39H53BN5O7/c1-3-51-36(47)26-42-17-10-28(11-18-42)29-12-19-43(20-13-29)37(48)35(25-27-8-9-34(46)32(24-27)40-2)52-39(50)44-21-15-31(16-22-44)45-23-14-30-6-4-5-7-33(30)41-38(45)49/h4-9,24,28-29,31,35,46H,3,10-23,25-26H2,1-2H3,(H,41,49)/t35-/m1/s1. The van der Waals surface area contributed by atoms with Crippen molar-refractivity contribution in [3.05, 3.63) is 53.6 Å². The van der Waals surface area contributed by atoms with Gasteiger partial charge in [-0.1, -0.05) is 37.2 Å². The summed E-state index contributed by atoms with van der Waals surface area (Å²) in [6.07, 6.45) is 4.55. The molecule has 1 radical (unpaired) electrons. The first-order valence-corrected chi connectivity index (χ1v) is 19.1. The van der Waals surface area contributed by atoms with Crippen molar-refractivity contribution in [3.8, 4) is 5.75 Å². The SMILES string of the molecule is C[B]c1cc(C[C@@H](OC(=O)N2CCC(N3CCc4ccccc4NC3=O)CC2)C(=O)N2CCC(C3CCN(CC(=O)OCC)CC3)CC2)ccc1O. The number of hydrogen-bond acceptors (Lipinski definition) is 8. The Morgan fingerprint density at radius 3 is 2.27 bits per heavy atom. The molecule has 13 heteroatoms. The Labute approximate surface area is 308 Å². The summed E-state index contributed by atoms with van der Waals surface area (Å²) in [5.74, 6) is 0.865. The lowest BCUT2D eigenvalue weighted by atomic mass is 9.72. The Bertz CT molecular complexity index is 1570. The van der Waals surface area contributed by atoms with Crippen LogP contribution in [0.3, 0.4) is 0 Å². The summed E-state index contributed by atoms with van der Waals surface area (Å²) >= 11 is 0. The van der Waals surface area contributed by atoms with Gasteiger partial charge >= 0.3 is 18.1 Å². The molecule has 0 aromatic heterocycles. The van der Waals surface area contributed by atoms with Crippen molar-refractivity contribution < 1.29 is 33.8 Å². The Morgan fingerprint density at radius 2 is 1.58 bits per heavy atom. The Morgan fingerprint density at radius 1 is 0.904 bits per heavy atom. The summed E-state index contributed by atoms with van der Waals surface area (Å²) in [5.41, 5.74) is 3.42. The van der Waals surface area contributed by atoms with Crippen molar-refractivity contribution in [2.75, 3.05) is 64.3 Å². The van der Waals surface area contributed by atoms with Crippen LogP contribution in [0.5, 0.6) is 5.75 Å². The number of phenols is 1. The highest BCUT2D eigenvalue weighted by Gasteiger charge is 2.37. The lowest BCUT2D eigenvalue weighted by Gasteiger charge is -2.41. The topological polar surface area (TPSA) is 132 Å². The van der Waals surface area contributed by atoms with Crippen LogP contribution in [0.15, 0.2) is 42.5 Å². The number of likely N-dealkylation sites (tertiary alicyclic amines) is 3. The molecule has 4 aliphatic rings. The van der Waals surface area contributed by atoms with Gasteiger partial charge in [0.1, 0.15) is 5.75 Å². The number of phenolic OH excluding ortho intramolecular Hbond substituents is 1. The molecule has 3 saturated heterocycles. The third kappa shape index (κ3) is 9.21. The molecule has 2 aromatic carbocycles. The maximum absolute atomic E-state index is 14.1. The molecular formula is C39H53BN5O7. The number of amides is 4. The van der Waals surface area contributed by atoms with Crippen molar-refractivity contribution in [2.24, 2.45) is 11.8 Å². The normalized spacial score (nSPS) is 20.0. The monoisotopic (exact) mass is 714 g/mol. The molecule has 0 aliphatic carbocycles. The van der Waals surface area contributed by atoms with Crippen molar-refractivity contribution in [1.29, 1.82) is 0 Å². The lowest BCUT2D eigenvalue weighted by molar-refractivity contribution is -0.144. The van der Waals surface area contributed by atoms with Crippen molar-refractivity contribution in [2.45, 2.75) is 77.3 Å². The molecule has 1 atom stereocenters. The van der Waals surface area contributed by atoms with E-state index < -0.39 is 12.2 Å². The zero-order valence-electron chi connectivity index (χ0n) is 30.6. The van der Waals surface area contributed by atoms with Crippen molar-refractivity contribution in [1.82, 2.24) is 19.6 Å². The number of anilines is 1. The van der Waals surface area contributed by atoms with Crippen LogP contribution >= 0.6 is 0 Å². The Hall–Kier alpha value is -4.26. The second-order valence-corrected chi connectivity index (χ2v) is 14.6. The number of rotatable bonds is 10. The number of fused-ring (bicyclic) bond motifs is 1. The molecule has 6 rings (SSSR count). The van der Waals surface area contributed by atoms with Gasteiger partial charge in [0.25, 0.3) is 5.91 Å². The van der Waals surface area contributed by atoms with E-state index in [-0.39, 0.29) is 36.1 Å². The molecule has 4 aliphatic heterocycles. The van der Waals surface area contributed by atoms with E-state index in [4.69, 9.17) is 9.47 Å². The second-order valence-electron chi connectivity index (χ2n) is 14.6. The second kappa shape index (κ2) is 17.5. The first-order chi connectivity index (χ1) is 25.2. The third-order valence-corrected chi connectivity index (χ3v) is 11.5. The highest BCUT2D eigenvalue weighted by Crippen LogP contribution is 2.33. The minimum Gasteiger partial charge on any atom is -0.509 e. The summed E-state index contributed by atoms with van der Waals surface area (Å²) in [5, 5.41) is 13.3. The van der Waals surface area contributed by atoms with E-state index in [1.807, 2.05) is 53.9 Å². The maximum atomic E-state index is 14.1. The number of nitrogens with zero attached hydrogens (tertiary/aromatic N) is 4. The highest BCUT2D eigenvalue weighted by atomic mass is 16.6. The van der Waals surface area contributed by atoms with Crippen LogP contribution in [-0.2, 0) is 31.9 Å². The summed E-state index contributed by atoms with van der Waals surface area (Å²) in [4.78, 5) is 60.4. The van der Waals surface area contributed by atoms with Crippen LogP contribution < -0.4 is 10.8 Å². The van der Waals surface area contributed by atoms with Crippen LogP contribution in [0.25, 0.3) is 0 Å². The van der Waals surface area contributed by atoms with Crippen LogP contribution in [0.1, 0.15) is 56.6 Å². The number of hydrogen-bond donors (Lipinski definition) is 2. The predicted octanol–water partition coefficient (Wildman–Crippen LogP) is 3.89. The predicted molar refractivity (Wildman–Crippen MR) is 199 cm³/mol. The van der Waals surface area contributed by atoms with E-state index in [0.29, 0.717) is 76.0 Å². The molecule has 0 unspecified atom stereocenters. The van der Waals surface area contributed by atoms with Gasteiger partial charge in [-0.05, 0) is 106 Å². The minimum absolute atomic E-state index is 0.00241. The van der Waals surface area contributed by atoms with Gasteiger partial charge < -0.3 is 34.6 Å². The fourth-order valence-corrected chi connectivity index (χ4v) is 8.42. The zero-order chi connectivity index (χ0) is 36.6. The van der Waals surface area contributed by atoms with Gasteiger partial charge in [-0.2, -0.15) is 0 Å². The van der Waals surface area contributed by atoms with E-state index in [1.54, 1.807) is 24.3 Å². The quantitative estimate of drug-likeness (QED) is 0.280. The maximum Gasteiger partial charge on any atom is 0.410 e. The molecule has 279 valence electrons. The largest absolute Gasteiger partial charge is 0.509 e. The summed E-state index contributed by atoms with van der Waals surface area (Å²) < 4.78 is 11.2. The zero-order valence-corrected chi connectivity index (χ0v) is 30.6. The number of urea groups is 1. The molecule has 0 saturated carbocycles. The van der Waals surface area contributed by atoms with E-state index in [9.17, 15) is 24.3 Å². The van der Waals surface area contributed by atoms with Gasteiger partial charge in [0.15, 0.2) is 13.4 Å². The summed E-state index contributed by atoms with van der Waals surface area (Å²) in [6.45, 7) is 8.85. The molecule has 0 bridgehead atoms. The number of nitrogens with one attached hydrogen (secondary N) is 1. The lowest BCUT2D eigenvalue weighted by Crippen LogP contribution is -2.52. The number of para-hydroxylation sites is 1. The van der Waals surface area contributed by atoms with Gasteiger partial charge in [-0.25, -0.2) is 9.59 Å². The first-order valence-electron chi connectivity index (χ1n) is 19.1. The minimum atomic E-state index is -1.00. The number of aromatic hydroxyl groups is 1. The Kier molecular flexibility index (Phi) is 12.6. The average molecular weight is 715 g/mol. The van der Waals surface area contributed by atoms with Crippen LogP contribution in [0, 0.1) is 11.8 Å². The van der Waals surface area contributed by atoms with Gasteiger partial charge in [0, 0.05) is 50.9 Å². The third-order valence-electron chi connectivity index (χ3n) is 11.5. The number of piperidine rings is 3. The molecule has 12 nitrogen and oxygen atoms in total. The van der Waals surface area contributed by atoms with Gasteiger partial charge in [0.05, 0.1) is 13.2 Å². The molecule has 2 aromatic rings. The van der Waals surface area contributed by atoms with Gasteiger partial charge in [-0.15, -0.1) is 0 Å². The van der Waals surface area contributed by atoms with Crippen LogP contribution in [-0.4, -0.2) is 127 Å². The summed E-state index contributed by atoms with van der Waals surface area (Å²) in [7, 11) is 1.81. The number of esters is 1. The molecule has 0 spiro atoms. The molecule has 3 fully saturated rings. The molecule has 4 amide bonds. The molecule has 52 heavy (non-hydrogen) atoms. The van der Waals surface area contributed by atoms with E-state index >= 15 is 0 Å². The number of carbonyl (C=O) groups excluding carboxylic acids is 4. The average Bonchev–Trinajstić information content (AvgIpc) is 3.33. The number of benzene rings is 2. The number of carbonyl (C=O) groups is 4. The van der Waals surface area contributed by atoms with E-state index in [2.05, 4.69) is 10.2 Å². The molecule has 2 N–H and O–H groups in total. The van der Waals surface area contributed by atoms with Crippen LogP contribution in [0.4, 0.5) is 15.3 Å². The van der Waals surface area contributed by atoms with Gasteiger partial charge in [-0.3, -0.25) is 14.5 Å². The number of ether oxygens (including phenoxy) is 2. The fourth-order valence-electron chi connectivity index (χ4n) is 8.42. The Balaban J connectivity index is 1.04. The van der Waals surface area contributed by atoms with Crippen LogP contribution in [0.2, 0.25) is 6.82 Å². The van der Waals surface area contributed by atoms with Crippen molar-refractivity contribution in [3.63, 3.8) is 0 Å². The summed E-state index contributed by atoms with van der Waals surface area (Å²) in [6, 6.07) is 13.0. The van der Waals surface area contributed by atoms with E-state index in [1.165, 1.54) is 0 Å².